The molecule has 0 atom stereocenters. The number of thiazole rings is 3. The third-order valence-electron chi connectivity index (χ3n) is 19.8. The molecule has 0 bridgehead atoms. The van der Waals surface area contributed by atoms with Crippen molar-refractivity contribution in [3.63, 3.8) is 0 Å². The maximum atomic E-state index is 12.8. The van der Waals surface area contributed by atoms with Crippen LogP contribution in [0.2, 0.25) is 13.3 Å². The summed E-state index contributed by atoms with van der Waals surface area (Å²) in [6, 6.07) is 59.3. The molecule has 0 spiro atoms. The molecule has 15 aromatic rings. The number of halogens is 1. The first-order chi connectivity index (χ1) is 57.0. The van der Waals surface area contributed by atoms with Crippen LogP contribution in [-0.4, -0.2) is 86.6 Å². The summed E-state index contributed by atoms with van der Waals surface area (Å²) in [6.45, 7) is 19.2. The summed E-state index contributed by atoms with van der Waals surface area (Å²) in [5.74, 6) is 0. The smallest absolute Gasteiger partial charge is 0.257 e. The van der Waals surface area contributed by atoms with Crippen molar-refractivity contribution in [3.05, 3.63) is 285 Å². The first-order valence-electron chi connectivity index (χ1n) is 39.6. The van der Waals surface area contributed by atoms with Crippen LogP contribution in [0.4, 0.5) is 9.59 Å². The quantitative estimate of drug-likeness (QED) is 0.0257. The van der Waals surface area contributed by atoms with E-state index in [1.165, 1.54) is 74.5 Å². The van der Waals surface area contributed by atoms with E-state index in [4.69, 9.17) is 35.1 Å². The van der Waals surface area contributed by atoms with Gasteiger partial charge in [-0.25, -0.2) is 34.5 Å². The fourth-order valence-electron chi connectivity index (χ4n) is 13.9. The average Bonchev–Trinajstić information content (AvgIpc) is 1.51. The molecule has 0 aliphatic carbocycles. The van der Waals surface area contributed by atoms with Gasteiger partial charge in [-0.15, -0.1) is 22.7 Å². The second-order valence-corrected chi connectivity index (χ2v) is 47.1. The number of nitrogens with zero attached hydrogens (tertiary/aromatic N) is 6. The summed E-state index contributed by atoms with van der Waals surface area (Å²) >= 11 is 4.86. The number of fused-ring (bicyclic) bond motifs is 3. The molecular weight excluding hydrogens is 1760 g/mol. The Balaban J connectivity index is 0.000000159. The van der Waals surface area contributed by atoms with Crippen LogP contribution in [0, 0.1) is 3.57 Å². The predicted octanol–water partition coefficient (Wildman–Crippen LogP) is 23.0. The Hall–Kier alpha value is -10.7. The van der Waals surface area contributed by atoms with Gasteiger partial charge in [-0.1, -0.05) is 171 Å². The number of nitrogens with one attached hydrogen (secondary N) is 5. The average molecular weight is 1860 g/mol. The zero-order valence-electron chi connectivity index (χ0n) is 67.7. The van der Waals surface area contributed by atoms with Crippen LogP contribution in [0.1, 0.15) is 125 Å². The predicted molar refractivity (Wildman–Crippen MR) is 502 cm³/mol. The van der Waals surface area contributed by atoms with Gasteiger partial charge in [0.25, 0.3) is 16.7 Å². The third-order valence-corrected chi connectivity index (χ3v) is 38.1. The van der Waals surface area contributed by atoms with E-state index in [0.717, 1.165) is 110 Å². The topological polar surface area (TPSA) is 279 Å². The molecule has 6 aromatic carbocycles. The summed E-state index contributed by atoms with van der Waals surface area (Å²) in [5.41, 5.74) is 28.5. The molecule has 119 heavy (non-hydrogen) atoms. The largest absolute Gasteiger partial charge is 0.328 e. The minimum atomic E-state index is -2.13. The van der Waals surface area contributed by atoms with Crippen molar-refractivity contribution in [3.8, 4) is 89.7 Å². The van der Waals surface area contributed by atoms with Crippen molar-refractivity contribution in [1.29, 1.82) is 0 Å². The number of H-pyrrole nitrogens is 3. The second-order valence-electron chi connectivity index (χ2n) is 30.7. The molecule has 2 amide bonds. The van der Waals surface area contributed by atoms with E-state index >= 15 is 0 Å². The van der Waals surface area contributed by atoms with Crippen LogP contribution in [0.5, 0.6) is 0 Å². The number of unbranched alkanes of at least 4 members (excludes halogenated alkanes) is 3. The molecule has 0 radical (unpaired) electrons. The van der Waals surface area contributed by atoms with E-state index in [1.54, 1.807) is 33.3 Å². The Morgan fingerprint density at radius 1 is 0.437 bits per heavy atom. The molecule has 612 valence electrons. The van der Waals surface area contributed by atoms with E-state index in [9.17, 15) is 24.0 Å². The molecule has 7 N–H and O–H groups in total. The van der Waals surface area contributed by atoms with Gasteiger partial charge >= 0.3 is 134 Å². The van der Waals surface area contributed by atoms with Crippen molar-refractivity contribution < 1.29 is 19.1 Å². The fourth-order valence-corrected chi connectivity index (χ4v) is 33.3. The molecule has 0 aliphatic heterocycles. The van der Waals surface area contributed by atoms with E-state index in [2.05, 4.69) is 89.8 Å². The minimum Gasteiger partial charge on any atom is -0.328 e. The first kappa shape index (κ1) is 89.1. The Labute approximate surface area is 724 Å². The Kier molecular flexibility index (Phi) is 31.3. The summed E-state index contributed by atoms with van der Waals surface area (Å²) in [4.78, 5) is 99.0. The maximum absolute atomic E-state index is 12.8. The number of benzene rings is 6. The van der Waals surface area contributed by atoms with Gasteiger partial charge in [-0.05, 0) is 116 Å². The van der Waals surface area contributed by atoms with Gasteiger partial charge in [0.2, 0.25) is 0 Å². The second kappa shape index (κ2) is 41.8. The standard InChI is InChI=1S/C29H26N4O3S.C26H24IN3O3.C24H18N4OS.3C4H9.C3H2NS.CH4.Sn/c1-29(2,3)36-28(35)31-14-18-9-11-20(12-10-18)25-21(19-7-5-4-6-8-19)13-22-26(33-25)23(15-30-27(22)34)24-16-37-17-32-24;1-26(2,3)33-25(32)29-14-16-9-11-18(12-10-16)22-19(17-7-5-4-6-8-17)13-20-23(30-22)21(27)15-28-24(20)31;25-11-15-6-8-17(9-7-15)22-18(16-4-2-1-3-5-16)10-19-23(28-22)20(12-26-24(19)29)21-13-30-14-27-21;3*1-3-4-2;1-2-5-3-4-1;;/h4-13,15-17H,14H2,1-3H3,(H,30,34)(H,31,35);4-13,15H,14H2,1-3H3,(H,28,31)(H,29,32);1-10,12-14H,11,25H2,(H,26,29);3*1,3-4H2,2H3;2-3H;1H4;. The van der Waals surface area contributed by atoms with Crippen LogP contribution in [0.3, 0.4) is 0 Å². The first-order valence-corrected chi connectivity index (χ1v) is 51.0. The number of rotatable bonds is 23. The Morgan fingerprint density at radius 2 is 0.773 bits per heavy atom. The Morgan fingerprint density at radius 3 is 1.10 bits per heavy atom. The fraction of sp³-hybridized carbons (Fsp3) is 0.253. The number of ether oxygens (including phenoxy) is 2. The number of aromatic nitrogens is 9. The van der Waals surface area contributed by atoms with Gasteiger partial charge in [0, 0.05) is 93.5 Å². The van der Waals surface area contributed by atoms with E-state index < -0.39 is 41.8 Å². The van der Waals surface area contributed by atoms with Gasteiger partial charge in [-0.3, -0.25) is 14.4 Å². The molecule has 0 unspecified atom stereocenters. The summed E-state index contributed by atoms with van der Waals surface area (Å²) < 4.78 is 17.7. The molecular formula is C95H101IN12O7S3Sn. The zero-order valence-corrected chi connectivity index (χ0v) is 75.2. The monoisotopic (exact) mass is 1860 g/mol. The zero-order chi connectivity index (χ0) is 83.4. The summed E-state index contributed by atoms with van der Waals surface area (Å²) in [6.07, 6.45) is 12.5. The summed E-state index contributed by atoms with van der Waals surface area (Å²) in [5, 5.41) is 13.4. The molecule has 24 heteroatoms. The van der Waals surface area contributed by atoms with Crippen molar-refractivity contribution >= 4 is 124 Å². The number of alkyl carbamates (subject to hydrolysis) is 2. The van der Waals surface area contributed by atoms with Crippen molar-refractivity contribution in [1.82, 2.24) is 55.5 Å². The maximum Gasteiger partial charge on any atom is 0.257 e. The number of hydrogen-bond acceptors (Lipinski definition) is 17. The van der Waals surface area contributed by atoms with Gasteiger partial charge in [-0.2, -0.15) is 0 Å². The Bertz CT molecular complexity index is 6010. The van der Waals surface area contributed by atoms with Gasteiger partial charge in [0.05, 0.1) is 75.8 Å². The molecule has 0 fully saturated rings. The van der Waals surface area contributed by atoms with Crippen molar-refractivity contribution in [2.24, 2.45) is 5.73 Å². The number of aromatic amines is 3. The molecule has 0 saturated carbocycles. The van der Waals surface area contributed by atoms with E-state index in [0.29, 0.717) is 52.3 Å². The van der Waals surface area contributed by atoms with Crippen LogP contribution in [0.15, 0.2) is 248 Å². The molecule has 0 saturated heterocycles. The van der Waals surface area contributed by atoms with Crippen LogP contribution in [-0.2, 0) is 29.1 Å². The van der Waals surface area contributed by atoms with Gasteiger partial charge in [0.1, 0.15) is 11.2 Å². The minimum absolute atomic E-state index is 0. The van der Waals surface area contributed by atoms with Gasteiger partial charge < -0.3 is 40.8 Å². The molecule has 15 rings (SSSR count). The molecule has 0 aliphatic rings. The number of amides is 2. The number of pyridine rings is 6. The van der Waals surface area contributed by atoms with Crippen LogP contribution < -0.4 is 36.8 Å². The van der Waals surface area contributed by atoms with Crippen LogP contribution >= 0.6 is 56.6 Å². The number of hydrogen-bond donors (Lipinski definition) is 6. The van der Waals surface area contributed by atoms with Crippen molar-refractivity contribution in [2.75, 3.05) is 0 Å². The molecule has 9 aromatic heterocycles. The van der Waals surface area contributed by atoms with Crippen LogP contribution in [0.25, 0.3) is 122 Å². The van der Waals surface area contributed by atoms with Crippen molar-refractivity contribution in [2.45, 2.75) is 152 Å². The SMILES string of the molecule is C.CC(C)(C)OC(=O)NCc1ccc(-c2nc3c(-c4cscn4)c[nH]c(=O)c3cc2-c2ccccc2)cc1.CC(C)(C)OC(=O)NCc1ccc(-c2nc3c(I)c[nH]c(=O)c3cc2-c2ccccc2)cc1.CCC[CH2][Sn]([CH2]CCC)([CH2]CCC)[c]1cscn1.NCc1ccc(-c2nc3c(-c4cscn4)c[nH]c(=O)c3cc2-c2ccccc2)cc1. The number of nitrogens with two attached hydrogens (primary N) is 1. The normalized spacial score (nSPS) is 11.3. The molecule has 9 heterocycles. The summed E-state index contributed by atoms with van der Waals surface area (Å²) in [7, 11) is 0. The third kappa shape index (κ3) is 23.2. The number of carbonyl (C=O) groups excluding carboxylic acids is 2. The molecule has 19 nitrogen and oxygen atoms in total. The van der Waals surface area contributed by atoms with E-state index in [-0.39, 0.29) is 24.1 Å². The number of carbonyl (C=O) groups is 2. The van der Waals surface area contributed by atoms with E-state index in [1.807, 2.05) is 246 Å². The van der Waals surface area contributed by atoms with Gasteiger partial charge in [0.15, 0.2) is 0 Å².